The van der Waals surface area contributed by atoms with Crippen LogP contribution in [0.25, 0.3) is 0 Å². The molecule has 0 amide bonds. The van der Waals surface area contributed by atoms with Crippen LogP contribution in [0.5, 0.6) is 0 Å². The highest BCUT2D eigenvalue weighted by atomic mass is 14.2. The molecular formula is C33H56. The predicted molar refractivity (Wildman–Crippen MR) is 154 cm³/mol. The lowest BCUT2D eigenvalue weighted by Crippen LogP contribution is -2.06. The van der Waals surface area contributed by atoms with E-state index in [1.165, 1.54) is 91.2 Å². The standard InChI is InChI=1S/C33H56/c1-27(2)17-13-20-30(5)23-14-21-28(3)18-11-12-19-29(4)22-15-24-31(6)25-16-26-32(7)33(8,9)10/h17-19,23-24,26H,11-16,20-22,25H2,1-10H3. The fourth-order valence-electron chi connectivity index (χ4n) is 3.57. The van der Waals surface area contributed by atoms with Gasteiger partial charge in [-0.3, -0.25) is 0 Å². The molecule has 0 unspecified atom stereocenters. The van der Waals surface area contributed by atoms with Gasteiger partial charge in [-0.15, -0.1) is 0 Å². The van der Waals surface area contributed by atoms with Gasteiger partial charge in [-0.2, -0.15) is 0 Å². The molecule has 0 aliphatic rings. The van der Waals surface area contributed by atoms with Crippen molar-refractivity contribution in [2.45, 2.75) is 133 Å². The first-order valence-electron chi connectivity index (χ1n) is 13.3. The van der Waals surface area contributed by atoms with E-state index in [0.29, 0.717) is 5.41 Å². The Balaban J connectivity index is 4.15. The summed E-state index contributed by atoms with van der Waals surface area (Å²) in [5.41, 5.74) is 9.34. The van der Waals surface area contributed by atoms with Crippen molar-refractivity contribution >= 4 is 0 Å². The molecule has 0 aromatic heterocycles. The molecule has 0 heterocycles. The molecule has 0 aliphatic carbocycles. The lowest BCUT2D eigenvalue weighted by Gasteiger charge is -2.19. The zero-order valence-corrected chi connectivity index (χ0v) is 24.0. The Kier molecular flexibility index (Phi) is 17.0. The summed E-state index contributed by atoms with van der Waals surface area (Å²) in [6, 6.07) is 0. The largest absolute Gasteiger partial charge is 0.0856 e. The molecule has 33 heavy (non-hydrogen) atoms. The van der Waals surface area contributed by atoms with Gasteiger partial charge in [0.15, 0.2) is 0 Å². The van der Waals surface area contributed by atoms with E-state index in [1.807, 2.05) is 0 Å². The maximum Gasteiger partial charge on any atom is -0.0176 e. The molecule has 0 fully saturated rings. The number of rotatable bonds is 15. The molecule has 0 aromatic rings. The van der Waals surface area contributed by atoms with Gasteiger partial charge in [-0.05, 0) is 118 Å². The van der Waals surface area contributed by atoms with Gasteiger partial charge in [0.1, 0.15) is 0 Å². The second kappa shape index (κ2) is 17.9. The number of unbranched alkanes of at least 4 members (excludes halogenated alkanes) is 1. The van der Waals surface area contributed by atoms with Crippen molar-refractivity contribution in [2.75, 3.05) is 0 Å². The van der Waals surface area contributed by atoms with Crippen molar-refractivity contribution in [1.82, 2.24) is 0 Å². The molecule has 0 rings (SSSR count). The van der Waals surface area contributed by atoms with E-state index in [9.17, 15) is 0 Å². The van der Waals surface area contributed by atoms with Crippen LogP contribution in [-0.2, 0) is 0 Å². The highest BCUT2D eigenvalue weighted by molar-refractivity contribution is 5.10. The van der Waals surface area contributed by atoms with Crippen molar-refractivity contribution in [2.24, 2.45) is 5.41 Å². The fourth-order valence-corrected chi connectivity index (χ4v) is 3.57. The molecule has 0 N–H and O–H groups in total. The molecule has 0 spiro atoms. The van der Waals surface area contributed by atoms with Crippen LogP contribution in [0.4, 0.5) is 0 Å². The zero-order valence-electron chi connectivity index (χ0n) is 24.0. The second-order valence-electron chi connectivity index (χ2n) is 11.4. The van der Waals surface area contributed by atoms with Gasteiger partial charge < -0.3 is 0 Å². The van der Waals surface area contributed by atoms with Gasteiger partial charge >= 0.3 is 0 Å². The summed E-state index contributed by atoms with van der Waals surface area (Å²) in [7, 11) is 0. The molecule has 0 aromatic carbocycles. The third kappa shape index (κ3) is 19.6. The molecule has 0 nitrogen and oxygen atoms in total. The molecular weight excluding hydrogens is 396 g/mol. The van der Waals surface area contributed by atoms with Crippen molar-refractivity contribution in [3.05, 3.63) is 69.9 Å². The third-order valence-corrected chi connectivity index (χ3v) is 6.48. The number of hydrogen-bond donors (Lipinski definition) is 0. The fraction of sp³-hybridized carbons (Fsp3) is 0.636. The lowest BCUT2D eigenvalue weighted by atomic mass is 9.87. The third-order valence-electron chi connectivity index (χ3n) is 6.48. The summed E-state index contributed by atoms with van der Waals surface area (Å²) in [5, 5.41) is 0. The Morgan fingerprint density at radius 2 is 0.727 bits per heavy atom. The monoisotopic (exact) mass is 452 g/mol. The number of allylic oxidation sites excluding steroid dienone is 12. The van der Waals surface area contributed by atoms with Gasteiger partial charge in [0.25, 0.3) is 0 Å². The van der Waals surface area contributed by atoms with E-state index in [-0.39, 0.29) is 0 Å². The molecule has 0 aliphatic heterocycles. The number of hydrogen-bond acceptors (Lipinski definition) is 0. The lowest BCUT2D eigenvalue weighted by molar-refractivity contribution is 0.501. The topological polar surface area (TPSA) is 0 Å². The molecule has 0 heteroatoms. The first-order chi connectivity index (χ1) is 15.4. The Morgan fingerprint density at radius 3 is 1.06 bits per heavy atom. The average Bonchev–Trinajstić information content (AvgIpc) is 2.70. The Labute approximate surface area is 208 Å². The van der Waals surface area contributed by atoms with Gasteiger partial charge in [-0.1, -0.05) is 90.7 Å². The maximum atomic E-state index is 2.44. The summed E-state index contributed by atoms with van der Waals surface area (Å²) in [4.78, 5) is 0. The van der Waals surface area contributed by atoms with E-state index >= 15 is 0 Å². The van der Waals surface area contributed by atoms with Crippen LogP contribution in [0.2, 0.25) is 0 Å². The van der Waals surface area contributed by atoms with Crippen LogP contribution in [0, 0.1) is 5.41 Å². The Hall–Kier alpha value is -1.56. The van der Waals surface area contributed by atoms with E-state index in [1.54, 1.807) is 0 Å². The van der Waals surface area contributed by atoms with Crippen LogP contribution in [0.1, 0.15) is 133 Å². The molecule has 0 saturated carbocycles. The molecule has 188 valence electrons. The normalized spacial score (nSPS) is 14.7. The SMILES string of the molecule is CC(C)=CCCC(C)=CCCC(C)=CCCC=C(C)CCC=C(C)CCC=C(C)C(C)(C)C. The van der Waals surface area contributed by atoms with Crippen molar-refractivity contribution in [3.63, 3.8) is 0 Å². The van der Waals surface area contributed by atoms with Crippen molar-refractivity contribution in [1.29, 1.82) is 0 Å². The summed E-state index contributed by atoms with van der Waals surface area (Å²) in [6.07, 6.45) is 26.3. The summed E-state index contributed by atoms with van der Waals surface area (Å²) < 4.78 is 0. The predicted octanol–water partition coefficient (Wildman–Crippen LogP) is 11.6. The highest BCUT2D eigenvalue weighted by Gasteiger charge is 2.11. The smallest absolute Gasteiger partial charge is 0.0176 e. The minimum Gasteiger partial charge on any atom is -0.0856 e. The minimum atomic E-state index is 0.300. The van der Waals surface area contributed by atoms with E-state index < -0.39 is 0 Å². The van der Waals surface area contributed by atoms with Gasteiger partial charge in [-0.25, -0.2) is 0 Å². The second-order valence-corrected chi connectivity index (χ2v) is 11.4. The van der Waals surface area contributed by atoms with Gasteiger partial charge in [0, 0.05) is 0 Å². The van der Waals surface area contributed by atoms with Gasteiger partial charge in [0.2, 0.25) is 0 Å². The average molecular weight is 453 g/mol. The molecule has 0 radical (unpaired) electrons. The maximum absolute atomic E-state index is 2.44. The van der Waals surface area contributed by atoms with E-state index in [4.69, 9.17) is 0 Å². The van der Waals surface area contributed by atoms with E-state index in [0.717, 1.165) is 6.42 Å². The van der Waals surface area contributed by atoms with Crippen LogP contribution in [0.3, 0.4) is 0 Å². The van der Waals surface area contributed by atoms with Gasteiger partial charge in [0.05, 0.1) is 0 Å². The minimum absolute atomic E-state index is 0.300. The van der Waals surface area contributed by atoms with E-state index in [2.05, 4.69) is 106 Å². The Morgan fingerprint density at radius 1 is 0.424 bits per heavy atom. The van der Waals surface area contributed by atoms with Crippen molar-refractivity contribution in [3.8, 4) is 0 Å². The zero-order chi connectivity index (χ0) is 25.3. The van der Waals surface area contributed by atoms with Crippen molar-refractivity contribution < 1.29 is 0 Å². The first-order valence-corrected chi connectivity index (χ1v) is 13.3. The van der Waals surface area contributed by atoms with Crippen LogP contribution in [-0.4, -0.2) is 0 Å². The Bertz CT molecular complexity index is 718. The first kappa shape index (κ1) is 31.4. The molecule has 0 saturated heterocycles. The summed E-state index contributed by atoms with van der Waals surface area (Å²) in [5.74, 6) is 0. The van der Waals surface area contributed by atoms with Crippen LogP contribution >= 0.6 is 0 Å². The van der Waals surface area contributed by atoms with Crippen LogP contribution in [0.15, 0.2) is 69.9 Å². The summed E-state index contributed by atoms with van der Waals surface area (Å²) >= 11 is 0. The molecule has 0 atom stereocenters. The quantitative estimate of drug-likeness (QED) is 0.171. The van der Waals surface area contributed by atoms with Crippen LogP contribution < -0.4 is 0 Å². The highest BCUT2D eigenvalue weighted by Crippen LogP contribution is 2.25. The summed E-state index contributed by atoms with van der Waals surface area (Å²) in [6.45, 7) is 22.6. The molecule has 0 bridgehead atoms.